The number of anilines is 1. The number of carbonyl (C=O) groups excluding carboxylic acids is 2. The van der Waals surface area contributed by atoms with Crippen LogP contribution in [0.3, 0.4) is 0 Å². The number of nitrogens with one attached hydrogen (secondary N) is 2. The molecule has 1 heterocycles. The van der Waals surface area contributed by atoms with Gasteiger partial charge >= 0.3 is 6.09 Å². The number of carboxylic acid groups (broad SMARTS) is 1. The van der Waals surface area contributed by atoms with Gasteiger partial charge in [-0.25, -0.2) is 4.79 Å². The maximum absolute atomic E-state index is 12.3. The normalized spacial score (nSPS) is 18.2. The Kier molecular flexibility index (Phi) is 5.20. The summed E-state index contributed by atoms with van der Waals surface area (Å²) in [6.07, 6.45) is 0.292. The summed E-state index contributed by atoms with van der Waals surface area (Å²) in [6.45, 7) is 1.73. The summed E-state index contributed by atoms with van der Waals surface area (Å²) in [7, 11) is 1.35. The van der Waals surface area contributed by atoms with Crippen LogP contribution in [0.4, 0.5) is 10.5 Å². The lowest BCUT2D eigenvalue weighted by atomic mass is 10.1. The zero-order chi connectivity index (χ0) is 17.0. The van der Waals surface area contributed by atoms with E-state index in [1.165, 1.54) is 7.05 Å². The number of para-hydroxylation sites is 1. The van der Waals surface area contributed by atoms with Crippen molar-refractivity contribution in [2.24, 2.45) is 0 Å². The molecule has 0 fully saturated rings. The number of rotatable bonds is 4. The molecule has 0 aliphatic carbocycles. The Morgan fingerprint density at radius 3 is 2.78 bits per heavy atom. The van der Waals surface area contributed by atoms with Crippen molar-refractivity contribution >= 4 is 23.6 Å². The Morgan fingerprint density at radius 2 is 2.13 bits per heavy atom. The Hall–Kier alpha value is -2.57. The molecular formula is C16H21N3O4. The highest BCUT2D eigenvalue weighted by molar-refractivity contribution is 5.99. The molecule has 0 spiro atoms. The molecule has 0 bridgehead atoms. The van der Waals surface area contributed by atoms with Gasteiger partial charge in [0.1, 0.15) is 12.1 Å². The summed E-state index contributed by atoms with van der Waals surface area (Å²) in [5.41, 5.74) is 1.77. The number of nitrogens with zero attached hydrogens (tertiary/aromatic N) is 1. The van der Waals surface area contributed by atoms with Gasteiger partial charge in [0.25, 0.3) is 0 Å². The first-order chi connectivity index (χ1) is 10.9. The molecule has 0 aromatic heterocycles. The predicted molar refractivity (Wildman–Crippen MR) is 85.2 cm³/mol. The van der Waals surface area contributed by atoms with Crippen molar-refractivity contribution in [3.05, 3.63) is 29.8 Å². The molecule has 0 saturated heterocycles. The molecule has 124 valence electrons. The van der Waals surface area contributed by atoms with Gasteiger partial charge in [-0.1, -0.05) is 25.1 Å². The summed E-state index contributed by atoms with van der Waals surface area (Å²) in [5.74, 6) is -0.736. The van der Waals surface area contributed by atoms with Gasteiger partial charge in [-0.05, 0) is 30.9 Å². The molecule has 1 aromatic carbocycles. The SMILES string of the molecule is CC[C@@H](C(=O)N[C@H]1CCc2ccccc2NC1=O)N(C)C(=O)O. The zero-order valence-corrected chi connectivity index (χ0v) is 13.2. The number of benzene rings is 1. The summed E-state index contributed by atoms with van der Waals surface area (Å²) < 4.78 is 0. The minimum atomic E-state index is -1.18. The third kappa shape index (κ3) is 3.80. The third-order valence-corrected chi connectivity index (χ3v) is 4.07. The molecule has 0 saturated carbocycles. The minimum Gasteiger partial charge on any atom is -0.465 e. The monoisotopic (exact) mass is 319 g/mol. The maximum atomic E-state index is 12.3. The van der Waals surface area contributed by atoms with E-state index in [2.05, 4.69) is 10.6 Å². The average molecular weight is 319 g/mol. The van der Waals surface area contributed by atoms with E-state index in [9.17, 15) is 14.4 Å². The second-order valence-electron chi connectivity index (χ2n) is 5.56. The summed E-state index contributed by atoms with van der Waals surface area (Å²) in [5, 5.41) is 14.5. The fourth-order valence-electron chi connectivity index (χ4n) is 2.69. The van der Waals surface area contributed by atoms with Crippen LogP contribution in [0.2, 0.25) is 0 Å². The van der Waals surface area contributed by atoms with Crippen molar-refractivity contribution < 1.29 is 19.5 Å². The highest BCUT2D eigenvalue weighted by Crippen LogP contribution is 2.21. The molecule has 0 unspecified atom stereocenters. The Bertz CT molecular complexity index is 617. The summed E-state index contributed by atoms with van der Waals surface area (Å²) in [6, 6.07) is 6.01. The van der Waals surface area contributed by atoms with Crippen LogP contribution in [-0.4, -0.2) is 47.0 Å². The molecule has 2 atom stereocenters. The van der Waals surface area contributed by atoms with E-state index in [1.54, 1.807) is 6.92 Å². The lowest BCUT2D eigenvalue weighted by molar-refractivity contribution is -0.129. The van der Waals surface area contributed by atoms with E-state index < -0.39 is 24.1 Å². The van der Waals surface area contributed by atoms with E-state index in [1.807, 2.05) is 24.3 Å². The van der Waals surface area contributed by atoms with Gasteiger partial charge < -0.3 is 15.7 Å². The van der Waals surface area contributed by atoms with Crippen LogP contribution < -0.4 is 10.6 Å². The number of hydrogen-bond donors (Lipinski definition) is 3. The number of hydrogen-bond acceptors (Lipinski definition) is 3. The van der Waals surface area contributed by atoms with Crippen molar-refractivity contribution in [1.82, 2.24) is 10.2 Å². The average Bonchev–Trinajstić information content (AvgIpc) is 2.67. The molecule has 0 radical (unpaired) electrons. The fourth-order valence-corrected chi connectivity index (χ4v) is 2.69. The van der Waals surface area contributed by atoms with Gasteiger partial charge in [0.15, 0.2) is 0 Å². The van der Waals surface area contributed by atoms with Crippen LogP contribution in [0, 0.1) is 0 Å². The topological polar surface area (TPSA) is 98.7 Å². The van der Waals surface area contributed by atoms with Gasteiger partial charge in [-0.15, -0.1) is 0 Å². The number of aryl methyl sites for hydroxylation is 1. The van der Waals surface area contributed by atoms with Crippen molar-refractivity contribution in [2.45, 2.75) is 38.3 Å². The number of carbonyl (C=O) groups is 3. The number of fused-ring (bicyclic) bond motifs is 1. The van der Waals surface area contributed by atoms with Crippen LogP contribution >= 0.6 is 0 Å². The fraction of sp³-hybridized carbons (Fsp3) is 0.438. The number of likely N-dealkylation sites (N-methyl/N-ethyl adjacent to an activating group) is 1. The second kappa shape index (κ2) is 7.13. The van der Waals surface area contributed by atoms with E-state index in [0.717, 1.165) is 16.2 Å². The van der Waals surface area contributed by atoms with Crippen molar-refractivity contribution in [3.8, 4) is 0 Å². The van der Waals surface area contributed by atoms with Crippen molar-refractivity contribution in [2.75, 3.05) is 12.4 Å². The van der Waals surface area contributed by atoms with Crippen LogP contribution in [0.1, 0.15) is 25.3 Å². The van der Waals surface area contributed by atoms with Gasteiger partial charge in [0.05, 0.1) is 0 Å². The minimum absolute atomic E-state index is 0.281. The quantitative estimate of drug-likeness (QED) is 0.782. The first kappa shape index (κ1) is 16.8. The highest BCUT2D eigenvalue weighted by atomic mass is 16.4. The lowest BCUT2D eigenvalue weighted by Crippen LogP contribution is -2.52. The molecular weight excluding hydrogens is 298 g/mol. The largest absolute Gasteiger partial charge is 0.465 e. The molecule has 1 aliphatic rings. The molecule has 3 N–H and O–H groups in total. The lowest BCUT2D eigenvalue weighted by Gasteiger charge is -2.25. The van der Waals surface area contributed by atoms with Crippen molar-refractivity contribution in [3.63, 3.8) is 0 Å². The van der Waals surface area contributed by atoms with E-state index in [-0.39, 0.29) is 5.91 Å². The molecule has 23 heavy (non-hydrogen) atoms. The van der Waals surface area contributed by atoms with Crippen LogP contribution in [-0.2, 0) is 16.0 Å². The molecule has 7 nitrogen and oxygen atoms in total. The first-order valence-electron chi connectivity index (χ1n) is 7.59. The summed E-state index contributed by atoms with van der Waals surface area (Å²) in [4.78, 5) is 36.6. The Morgan fingerprint density at radius 1 is 1.43 bits per heavy atom. The zero-order valence-electron chi connectivity index (χ0n) is 13.2. The Balaban J connectivity index is 2.07. The maximum Gasteiger partial charge on any atom is 0.407 e. The highest BCUT2D eigenvalue weighted by Gasteiger charge is 2.30. The second-order valence-corrected chi connectivity index (χ2v) is 5.56. The van der Waals surface area contributed by atoms with E-state index in [0.29, 0.717) is 19.3 Å². The predicted octanol–water partition coefficient (Wildman–Crippen LogP) is 1.44. The third-order valence-electron chi connectivity index (χ3n) is 4.07. The Labute approximate surface area is 134 Å². The first-order valence-corrected chi connectivity index (χ1v) is 7.59. The molecule has 1 aromatic rings. The smallest absolute Gasteiger partial charge is 0.407 e. The van der Waals surface area contributed by atoms with Crippen LogP contribution in [0.15, 0.2) is 24.3 Å². The molecule has 7 heteroatoms. The van der Waals surface area contributed by atoms with Crippen molar-refractivity contribution in [1.29, 1.82) is 0 Å². The number of amides is 3. The van der Waals surface area contributed by atoms with Gasteiger partial charge in [0, 0.05) is 12.7 Å². The standard InChI is InChI=1S/C16H21N3O4/c1-3-13(19(2)16(22)23)15(21)18-12-9-8-10-6-4-5-7-11(10)17-14(12)20/h4-7,12-13H,3,8-9H2,1-2H3,(H,17,20)(H,18,21)(H,22,23)/t12-,13-/m0/s1. The molecule has 3 amide bonds. The van der Waals surface area contributed by atoms with Crippen LogP contribution in [0.5, 0.6) is 0 Å². The van der Waals surface area contributed by atoms with Gasteiger partial charge in [0.2, 0.25) is 11.8 Å². The van der Waals surface area contributed by atoms with Crippen LogP contribution in [0.25, 0.3) is 0 Å². The van der Waals surface area contributed by atoms with Gasteiger partial charge in [-0.2, -0.15) is 0 Å². The van der Waals surface area contributed by atoms with Gasteiger partial charge in [-0.3, -0.25) is 14.5 Å². The van der Waals surface area contributed by atoms with E-state index >= 15 is 0 Å². The summed E-state index contributed by atoms with van der Waals surface area (Å²) >= 11 is 0. The molecule has 2 rings (SSSR count). The van der Waals surface area contributed by atoms with E-state index in [4.69, 9.17) is 5.11 Å². The molecule has 1 aliphatic heterocycles.